The highest BCUT2D eigenvalue weighted by molar-refractivity contribution is 7.13. The van der Waals surface area contributed by atoms with E-state index in [1.807, 2.05) is 45.1 Å². The molecule has 0 saturated heterocycles. The monoisotopic (exact) mass is 296 g/mol. The van der Waals surface area contributed by atoms with Crippen molar-refractivity contribution in [2.75, 3.05) is 6.61 Å². The van der Waals surface area contributed by atoms with Gasteiger partial charge in [0.2, 0.25) is 0 Å². The fourth-order valence-corrected chi connectivity index (χ4v) is 2.92. The Labute approximate surface area is 126 Å². The lowest BCUT2D eigenvalue weighted by atomic mass is 10.00. The normalized spacial score (nSPS) is 17.8. The van der Waals surface area contributed by atoms with Crippen LogP contribution in [0.5, 0.6) is 0 Å². The topological polar surface area (TPSA) is 9.23 Å². The molecule has 20 heavy (non-hydrogen) atoms. The Hall–Kier alpha value is -1.09. The van der Waals surface area contributed by atoms with Gasteiger partial charge in [-0.2, -0.15) is 0 Å². The Morgan fingerprint density at radius 1 is 1.35 bits per heavy atom. The molecule has 1 heterocycles. The molecule has 1 aromatic heterocycles. The number of unbranched alkanes of at least 4 members (excludes halogenated alkanes) is 1. The minimum atomic E-state index is -0.940. The quantitative estimate of drug-likeness (QED) is 0.614. The standard InChI is InChI=1S/C15H19FOS.C2H6/c1-3-4-10-17-13-7-5-6-12(16)15(13)14-9-8-11(2)18-14;1-2/h5,7-9,12H,3-4,6,10H2,1-2H3;1-2H3. The molecule has 1 aromatic rings. The number of halogens is 1. The van der Waals surface area contributed by atoms with E-state index in [9.17, 15) is 4.39 Å². The summed E-state index contributed by atoms with van der Waals surface area (Å²) in [4.78, 5) is 2.20. The number of ether oxygens (including phenoxy) is 1. The van der Waals surface area contributed by atoms with Crippen LogP contribution in [0.15, 0.2) is 30.0 Å². The molecule has 0 amide bonds. The van der Waals surface area contributed by atoms with Gasteiger partial charge in [0, 0.05) is 21.7 Å². The number of hydrogen-bond acceptors (Lipinski definition) is 2. The molecule has 0 radical (unpaired) electrons. The first-order valence-electron chi connectivity index (χ1n) is 7.46. The molecule has 112 valence electrons. The van der Waals surface area contributed by atoms with Crippen LogP contribution in [-0.4, -0.2) is 12.8 Å². The maximum atomic E-state index is 14.1. The van der Waals surface area contributed by atoms with E-state index < -0.39 is 6.17 Å². The number of allylic oxidation sites excluding steroid dienone is 3. The molecule has 3 heteroatoms. The van der Waals surface area contributed by atoms with Crippen molar-refractivity contribution in [2.24, 2.45) is 0 Å². The molecule has 1 atom stereocenters. The summed E-state index contributed by atoms with van der Waals surface area (Å²) in [5.41, 5.74) is 0.728. The van der Waals surface area contributed by atoms with E-state index >= 15 is 0 Å². The molecule has 0 aromatic carbocycles. The fourth-order valence-electron chi connectivity index (χ4n) is 1.96. The summed E-state index contributed by atoms with van der Waals surface area (Å²) in [6.45, 7) is 8.82. The van der Waals surface area contributed by atoms with Crippen molar-refractivity contribution < 1.29 is 9.13 Å². The van der Waals surface area contributed by atoms with Crippen LogP contribution < -0.4 is 0 Å². The number of rotatable bonds is 5. The summed E-state index contributed by atoms with van der Waals surface area (Å²) >= 11 is 1.63. The first kappa shape index (κ1) is 17.0. The average molecular weight is 296 g/mol. The molecule has 0 fully saturated rings. The van der Waals surface area contributed by atoms with Gasteiger partial charge in [0.1, 0.15) is 11.9 Å². The molecule has 0 aliphatic heterocycles. The van der Waals surface area contributed by atoms with Gasteiger partial charge in [-0.3, -0.25) is 0 Å². The number of hydrogen-bond donors (Lipinski definition) is 0. The molecular formula is C17H25FOS. The zero-order chi connectivity index (χ0) is 15.0. The zero-order valence-electron chi connectivity index (χ0n) is 12.9. The maximum absolute atomic E-state index is 14.1. The summed E-state index contributed by atoms with van der Waals surface area (Å²) in [7, 11) is 0. The Kier molecular flexibility index (Phi) is 7.60. The third-order valence-corrected chi connectivity index (χ3v) is 3.99. The first-order chi connectivity index (χ1) is 9.72. The molecule has 1 unspecified atom stereocenters. The van der Waals surface area contributed by atoms with Crippen molar-refractivity contribution in [2.45, 2.75) is 53.1 Å². The zero-order valence-corrected chi connectivity index (χ0v) is 13.7. The molecule has 0 saturated carbocycles. The second-order valence-corrected chi connectivity index (χ2v) is 5.78. The Morgan fingerprint density at radius 3 is 2.70 bits per heavy atom. The van der Waals surface area contributed by atoms with Crippen molar-refractivity contribution in [3.63, 3.8) is 0 Å². The maximum Gasteiger partial charge on any atom is 0.133 e. The number of aryl methyl sites for hydroxylation is 1. The molecule has 1 aliphatic carbocycles. The Balaban J connectivity index is 0.000000956. The summed E-state index contributed by atoms with van der Waals surface area (Å²) in [5.74, 6) is 0.712. The Bertz CT molecular complexity index is 459. The van der Waals surface area contributed by atoms with Crippen LogP contribution >= 0.6 is 11.3 Å². The third-order valence-electron chi connectivity index (χ3n) is 2.95. The van der Waals surface area contributed by atoms with Gasteiger partial charge in [0.05, 0.1) is 6.61 Å². The predicted molar refractivity (Wildman–Crippen MR) is 86.8 cm³/mol. The van der Waals surface area contributed by atoms with Gasteiger partial charge in [-0.05, 0) is 31.6 Å². The van der Waals surface area contributed by atoms with Crippen LogP contribution in [0.25, 0.3) is 5.57 Å². The highest BCUT2D eigenvalue weighted by Crippen LogP contribution is 2.35. The van der Waals surface area contributed by atoms with Gasteiger partial charge in [-0.15, -0.1) is 11.3 Å². The van der Waals surface area contributed by atoms with Crippen LogP contribution in [0, 0.1) is 6.92 Å². The second kappa shape index (κ2) is 8.96. The fraction of sp³-hybridized carbons (Fsp3) is 0.529. The second-order valence-electron chi connectivity index (χ2n) is 4.50. The molecule has 0 N–H and O–H groups in total. The van der Waals surface area contributed by atoms with Crippen LogP contribution in [-0.2, 0) is 4.74 Å². The predicted octanol–water partition coefficient (Wildman–Crippen LogP) is 5.91. The van der Waals surface area contributed by atoms with Crippen LogP contribution in [0.4, 0.5) is 4.39 Å². The van der Waals surface area contributed by atoms with Gasteiger partial charge in [-0.1, -0.05) is 33.3 Å². The highest BCUT2D eigenvalue weighted by Gasteiger charge is 2.23. The van der Waals surface area contributed by atoms with E-state index in [1.54, 1.807) is 11.3 Å². The summed E-state index contributed by atoms with van der Waals surface area (Å²) < 4.78 is 19.8. The highest BCUT2D eigenvalue weighted by atomic mass is 32.1. The lowest BCUT2D eigenvalue weighted by Gasteiger charge is -2.19. The van der Waals surface area contributed by atoms with Crippen molar-refractivity contribution in [3.05, 3.63) is 39.8 Å². The molecule has 2 rings (SSSR count). The van der Waals surface area contributed by atoms with Crippen molar-refractivity contribution in [1.82, 2.24) is 0 Å². The summed E-state index contributed by atoms with van der Waals surface area (Å²) in [5, 5.41) is 0. The van der Waals surface area contributed by atoms with Gasteiger partial charge in [0.15, 0.2) is 0 Å². The molecule has 1 aliphatic rings. The van der Waals surface area contributed by atoms with Gasteiger partial charge < -0.3 is 4.74 Å². The van der Waals surface area contributed by atoms with Crippen LogP contribution in [0.3, 0.4) is 0 Å². The van der Waals surface area contributed by atoms with Crippen molar-refractivity contribution in [3.8, 4) is 0 Å². The third kappa shape index (κ3) is 4.48. The van der Waals surface area contributed by atoms with Crippen molar-refractivity contribution >= 4 is 16.9 Å². The first-order valence-corrected chi connectivity index (χ1v) is 8.28. The Morgan fingerprint density at radius 2 is 2.10 bits per heavy atom. The van der Waals surface area contributed by atoms with Crippen LogP contribution in [0.1, 0.15) is 49.8 Å². The largest absolute Gasteiger partial charge is 0.493 e. The molecule has 0 spiro atoms. The minimum absolute atomic E-state index is 0.451. The van der Waals surface area contributed by atoms with Gasteiger partial charge >= 0.3 is 0 Å². The molecule has 1 nitrogen and oxygen atoms in total. The molecular weight excluding hydrogens is 271 g/mol. The minimum Gasteiger partial charge on any atom is -0.493 e. The average Bonchev–Trinajstić information content (AvgIpc) is 2.88. The molecule has 0 bridgehead atoms. The van der Waals surface area contributed by atoms with Crippen LogP contribution in [0.2, 0.25) is 0 Å². The van der Waals surface area contributed by atoms with E-state index in [0.717, 1.165) is 23.3 Å². The lowest BCUT2D eigenvalue weighted by Crippen LogP contribution is -2.10. The lowest BCUT2D eigenvalue weighted by molar-refractivity contribution is 0.215. The van der Waals surface area contributed by atoms with E-state index in [-0.39, 0.29) is 0 Å². The smallest absolute Gasteiger partial charge is 0.133 e. The van der Waals surface area contributed by atoms with Gasteiger partial charge in [-0.25, -0.2) is 4.39 Å². The van der Waals surface area contributed by atoms with E-state index in [1.165, 1.54) is 4.88 Å². The van der Waals surface area contributed by atoms with E-state index in [0.29, 0.717) is 18.8 Å². The summed E-state index contributed by atoms with van der Waals surface area (Å²) in [6.07, 6.45) is 5.37. The summed E-state index contributed by atoms with van der Waals surface area (Å²) in [6, 6.07) is 4.02. The number of alkyl halides is 1. The van der Waals surface area contributed by atoms with Crippen molar-refractivity contribution in [1.29, 1.82) is 0 Å². The SMILES string of the molecule is CC.CCCCOC1=C(c2ccc(C)s2)C(F)CC=C1. The van der Waals surface area contributed by atoms with E-state index in [2.05, 4.69) is 6.92 Å². The number of thiophene rings is 1. The van der Waals surface area contributed by atoms with Gasteiger partial charge in [0.25, 0.3) is 0 Å². The van der Waals surface area contributed by atoms with E-state index in [4.69, 9.17) is 4.74 Å².